The maximum Gasteiger partial charge on any atom is 0.261 e. The van der Waals surface area contributed by atoms with E-state index in [-0.39, 0.29) is 12.5 Å². The van der Waals surface area contributed by atoms with Crippen molar-refractivity contribution in [3.05, 3.63) is 84.1 Å². The minimum absolute atomic E-state index is 0.0249. The van der Waals surface area contributed by atoms with Gasteiger partial charge in [0, 0.05) is 12.1 Å². The third kappa shape index (κ3) is 3.38. The average molecular weight is 330 g/mol. The van der Waals surface area contributed by atoms with Crippen molar-refractivity contribution in [2.24, 2.45) is 0 Å². The SMILES string of the molecule is O=C1COc2ccc(-c3ccccc3)nc2CN1Cc1ccccc1. The van der Waals surface area contributed by atoms with Crippen LogP contribution < -0.4 is 4.74 Å². The molecule has 0 spiro atoms. The van der Waals surface area contributed by atoms with Gasteiger partial charge >= 0.3 is 0 Å². The Morgan fingerprint density at radius 2 is 1.64 bits per heavy atom. The highest BCUT2D eigenvalue weighted by atomic mass is 16.5. The summed E-state index contributed by atoms with van der Waals surface area (Å²) in [6, 6.07) is 23.8. The number of amides is 1. The summed E-state index contributed by atoms with van der Waals surface area (Å²) in [7, 11) is 0. The summed E-state index contributed by atoms with van der Waals surface area (Å²) in [5, 5.41) is 0. The number of benzene rings is 2. The van der Waals surface area contributed by atoms with Crippen LogP contribution in [-0.4, -0.2) is 22.4 Å². The molecule has 1 aliphatic rings. The smallest absolute Gasteiger partial charge is 0.261 e. The van der Waals surface area contributed by atoms with Crippen LogP contribution in [0.1, 0.15) is 11.3 Å². The van der Waals surface area contributed by atoms with Crippen molar-refractivity contribution >= 4 is 5.91 Å². The zero-order chi connectivity index (χ0) is 17.1. The lowest BCUT2D eigenvalue weighted by Crippen LogP contribution is -2.32. The van der Waals surface area contributed by atoms with E-state index in [0.717, 1.165) is 22.5 Å². The molecule has 25 heavy (non-hydrogen) atoms. The van der Waals surface area contributed by atoms with E-state index in [0.29, 0.717) is 18.8 Å². The van der Waals surface area contributed by atoms with Crippen LogP contribution in [-0.2, 0) is 17.9 Å². The molecule has 4 nitrogen and oxygen atoms in total. The predicted octanol–water partition coefficient (Wildman–Crippen LogP) is 3.67. The summed E-state index contributed by atoms with van der Waals surface area (Å²) in [6.45, 7) is 1.05. The summed E-state index contributed by atoms with van der Waals surface area (Å²) in [5.74, 6) is 0.659. The number of ether oxygens (including phenoxy) is 1. The van der Waals surface area contributed by atoms with E-state index >= 15 is 0 Å². The monoisotopic (exact) mass is 330 g/mol. The number of nitrogens with zero attached hydrogens (tertiary/aromatic N) is 2. The third-order valence-electron chi connectivity index (χ3n) is 4.26. The maximum atomic E-state index is 12.4. The van der Waals surface area contributed by atoms with Gasteiger partial charge in [0.15, 0.2) is 6.61 Å². The second-order valence-electron chi connectivity index (χ2n) is 6.03. The minimum Gasteiger partial charge on any atom is -0.482 e. The maximum absolute atomic E-state index is 12.4. The van der Waals surface area contributed by atoms with E-state index in [9.17, 15) is 4.79 Å². The van der Waals surface area contributed by atoms with Crippen molar-refractivity contribution in [2.75, 3.05) is 6.61 Å². The largest absolute Gasteiger partial charge is 0.482 e. The molecule has 124 valence electrons. The second-order valence-corrected chi connectivity index (χ2v) is 6.03. The van der Waals surface area contributed by atoms with Gasteiger partial charge in [0.1, 0.15) is 11.4 Å². The number of rotatable bonds is 3. The quantitative estimate of drug-likeness (QED) is 0.736. The highest BCUT2D eigenvalue weighted by Crippen LogP contribution is 2.26. The summed E-state index contributed by atoms with van der Waals surface area (Å²) in [4.78, 5) is 19.0. The van der Waals surface area contributed by atoms with Crippen molar-refractivity contribution in [3.63, 3.8) is 0 Å². The fourth-order valence-electron chi connectivity index (χ4n) is 2.95. The van der Waals surface area contributed by atoms with Crippen LogP contribution >= 0.6 is 0 Å². The summed E-state index contributed by atoms with van der Waals surface area (Å²) in [6.07, 6.45) is 0. The van der Waals surface area contributed by atoms with Gasteiger partial charge in [0.05, 0.1) is 12.2 Å². The van der Waals surface area contributed by atoms with Gasteiger partial charge in [-0.3, -0.25) is 4.79 Å². The summed E-state index contributed by atoms with van der Waals surface area (Å²) in [5.41, 5.74) is 3.83. The molecular formula is C21H18N2O2. The number of aromatic nitrogens is 1. The molecule has 0 radical (unpaired) electrons. The van der Waals surface area contributed by atoms with E-state index in [4.69, 9.17) is 9.72 Å². The van der Waals surface area contributed by atoms with Crippen LogP contribution in [0.2, 0.25) is 0 Å². The Morgan fingerprint density at radius 1 is 0.920 bits per heavy atom. The molecule has 1 amide bonds. The number of fused-ring (bicyclic) bond motifs is 1. The summed E-state index contributed by atoms with van der Waals surface area (Å²) >= 11 is 0. The van der Waals surface area contributed by atoms with Gasteiger partial charge < -0.3 is 9.64 Å². The van der Waals surface area contributed by atoms with Crippen molar-refractivity contribution in [1.29, 1.82) is 0 Å². The fourth-order valence-corrected chi connectivity index (χ4v) is 2.95. The van der Waals surface area contributed by atoms with E-state index in [1.54, 1.807) is 4.90 Å². The molecule has 4 rings (SSSR count). The molecule has 0 unspecified atom stereocenters. The van der Waals surface area contributed by atoms with E-state index in [1.807, 2.05) is 72.8 Å². The predicted molar refractivity (Wildman–Crippen MR) is 95.9 cm³/mol. The van der Waals surface area contributed by atoms with Gasteiger partial charge in [-0.05, 0) is 17.7 Å². The van der Waals surface area contributed by atoms with E-state index in [2.05, 4.69) is 0 Å². The van der Waals surface area contributed by atoms with Crippen LogP contribution in [0.25, 0.3) is 11.3 Å². The zero-order valence-electron chi connectivity index (χ0n) is 13.8. The molecule has 2 heterocycles. The lowest BCUT2D eigenvalue weighted by atomic mass is 10.1. The van der Waals surface area contributed by atoms with Crippen LogP contribution in [0.5, 0.6) is 5.75 Å². The molecule has 0 bridgehead atoms. The lowest BCUT2D eigenvalue weighted by molar-refractivity contribution is -0.133. The standard InChI is InChI=1S/C21H18N2O2/c24-21-15-25-20-12-11-18(17-9-5-2-6-10-17)22-19(20)14-23(21)13-16-7-3-1-4-8-16/h1-12H,13-15H2. The average Bonchev–Trinajstić information content (AvgIpc) is 2.82. The van der Waals surface area contributed by atoms with E-state index in [1.165, 1.54) is 0 Å². The van der Waals surface area contributed by atoms with Crippen molar-refractivity contribution < 1.29 is 9.53 Å². The molecule has 0 fully saturated rings. The molecule has 0 saturated heterocycles. The molecule has 0 saturated carbocycles. The van der Waals surface area contributed by atoms with Gasteiger partial charge in [0.2, 0.25) is 0 Å². The van der Waals surface area contributed by atoms with Crippen molar-refractivity contribution in [3.8, 4) is 17.0 Å². The molecule has 0 aliphatic carbocycles. The summed E-state index contributed by atoms with van der Waals surface area (Å²) < 4.78 is 5.67. The second kappa shape index (κ2) is 6.77. The normalized spacial score (nSPS) is 13.8. The molecule has 2 aromatic carbocycles. The Balaban J connectivity index is 1.64. The molecule has 0 atom stereocenters. The topological polar surface area (TPSA) is 42.4 Å². The van der Waals surface area contributed by atoms with Gasteiger partial charge in [-0.25, -0.2) is 4.98 Å². The lowest BCUT2D eigenvalue weighted by Gasteiger charge is -2.19. The first-order chi connectivity index (χ1) is 12.3. The van der Waals surface area contributed by atoms with Gasteiger partial charge in [-0.1, -0.05) is 60.7 Å². The third-order valence-corrected chi connectivity index (χ3v) is 4.26. The highest BCUT2D eigenvalue weighted by molar-refractivity contribution is 5.78. The number of hydrogen-bond donors (Lipinski definition) is 0. The van der Waals surface area contributed by atoms with Crippen molar-refractivity contribution in [1.82, 2.24) is 9.88 Å². The number of carbonyl (C=O) groups is 1. The Hall–Kier alpha value is -3.14. The minimum atomic E-state index is -0.0249. The Morgan fingerprint density at radius 3 is 2.40 bits per heavy atom. The molecule has 1 aliphatic heterocycles. The zero-order valence-corrected chi connectivity index (χ0v) is 13.8. The molecule has 0 N–H and O–H groups in total. The molecular weight excluding hydrogens is 312 g/mol. The first-order valence-electron chi connectivity index (χ1n) is 8.29. The van der Waals surface area contributed by atoms with Crippen LogP contribution in [0.15, 0.2) is 72.8 Å². The van der Waals surface area contributed by atoms with Crippen molar-refractivity contribution in [2.45, 2.75) is 13.1 Å². The molecule has 3 aromatic rings. The highest BCUT2D eigenvalue weighted by Gasteiger charge is 2.23. The van der Waals surface area contributed by atoms with Gasteiger partial charge in [-0.2, -0.15) is 0 Å². The molecule has 1 aromatic heterocycles. The number of carbonyl (C=O) groups excluding carboxylic acids is 1. The fraction of sp³-hybridized carbons (Fsp3) is 0.143. The molecule has 4 heteroatoms. The Kier molecular flexibility index (Phi) is 4.17. The van der Waals surface area contributed by atoms with E-state index < -0.39 is 0 Å². The van der Waals surface area contributed by atoms with Crippen LogP contribution in [0.4, 0.5) is 0 Å². The number of hydrogen-bond acceptors (Lipinski definition) is 3. The van der Waals surface area contributed by atoms with Gasteiger partial charge in [0.25, 0.3) is 5.91 Å². The first-order valence-corrected chi connectivity index (χ1v) is 8.29. The Bertz CT molecular complexity index is 879. The van der Waals surface area contributed by atoms with Crippen LogP contribution in [0, 0.1) is 0 Å². The first kappa shape index (κ1) is 15.4. The Labute approximate surface area is 146 Å². The van der Waals surface area contributed by atoms with Crippen LogP contribution in [0.3, 0.4) is 0 Å². The van der Waals surface area contributed by atoms with Gasteiger partial charge in [-0.15, -0.1) is 0 Å². The number of pyridine rings is 1.